The highest BCUT2D eigenvalue weighted by atomic mass is 16.6. The SMILES string of the molecule is CC(C)(C)OC(=O)NCCCC[C@H](N)C(=O)NCCCCC(=O)NCCCC[C@H](NC(=O)N[C@@H](CCC(=O)O)C(=O)O)C(=O)O. The second-order valence-corrected chi connectivity index (χ2v) is 11.5. The highest BCUT2D eigenvalue weighted by molar-refractivity contribution is 5.86. The van der Waals surface area contributed by atoms with Crippen molar-refractivity contribution in [3.05, 3.63) is 0 Å². The molecule has 0 fully saturated rings. The van der Waals surface area contributed by atoms with Crippen LogP contribution in [0.15, 0.2) is 0 Å². The minimum absolute atomic E-state index is 0.0241. The van der Waals surface area contributed by atoms with Crippen LogP contribution in [0.25, 0.3) is 0 Å². The lowest BCUT2D eigenvalue weighted by Gasteiger charge is -2.19. The third-order valence-electron chi connectivity index (χ3n) is 6.17. The topological polar surface area (TPSA) is 276 Å². The van der Waals surface area contributed by atoms with Gasteiger partial charge in [0.1, 0.15) is 17.7 Å². The molecule has 0 aliphatic heterocycles. The highest BCUT2D eigenvalue weighted by Gasteiger charge is 2.24. The zero-order valence-electron chi connectivity index (χ0n) is 26.3. The van der Waals surface area contributed by atoms with Crippen molar-refractivity contribution in [2.24, 2.45) is 5.73 Å². The van der Waals surface area contributed by atoms with Gasteiger partial charge in [-0.2, -0.15) is 0 Å². The highest BCUT2D eigenvalue weighted by Crippen LogP contribution is 2.07. The van der Waals surface area contributed by atoms with E-state index in [2.05, 4.69) is 26.6 Å². The number of nitrogens with two attached hydrogens (primary N) is 1. The van der Waals surface area contributed by atoms with Crippen LogP contribution in [0.1, 0.15) is 91.4 Å². The number of amides is 5. The molecule has 0 aromatic rings. The second kappa shape index (κ2) is 22.4. The fraction of sp³-hybridized carbons (Fsp3) is 0.750. The molecular weight excluding hydrogens is 596 g/mol. The predicted octanol–water partition coefficient (Wildman–Crippen LogP) is 0.652. The zero-order chi connectivity index (χ0) is 34.4. The van der Waals surface area contributed by atoms with Crippen molar-refractivity contribution in [2.45, 2.75) is 115 Å². The number of carbonyl (C=O) groups is 7. The quantitative estimate of drug-likeness (QED) is 0.0692. The molecule has 3 atom stereocenters. The molecule has 0 radical (unpaired) electrons. The van der Waals surface area contributed by atoms with Crippen LogP contribution in [0.4, 0.5) is 9.59 Å². The van der Waals surface area contributed by atoms with E-state index in [4.69, 9.17) is 20.7 Å². The summed E-state index contributed by atoms with van der Waals surface area (Å²) >= 11 is 0. The molecule has 0 heterocycles. The molecule has 5 amide bonds. The molecule has 10 N–H and O–H groups in total. The molecule has 0 aromatic carbocycles. The van der Waals surface area contributed by atoms with Crippen molar-refractivity contribution in [3.8, 4) is 0 Å². The van der Waals surface area contributed by atoms with Gasteiger partial charge in [0.05, 0.1) is 6.04 Å². The van der Waals surface area contributed by atoms with Gasteiger partial charge in [0.25, 0.3) is 0 Å². The fourth-order valence-electron chi connectivity index (χ4n) is 3.81. The summed E-state index contributed by atoms with van der Waals surface area (Å²) in [7, 11) is 0. The number of alkyl carbamates (subject to hydrolysis) is 1. The number of hydrogen-bond acceptors (Lipinski definition) is 9. The molecule has 17 nitrogen and oxygen atoms in total. The molecule has 0 aliphatic rings. The second-order valence-electron chi connectivity index (χ2n) is 11.5. The molecule has 0 aliphatic carbocycles. The Morgan fingerprint density at radius 3 is 1.73 bits per heavy atom. The van der Waals surface area contributed by atoms with Crippen LogP contribution >= 0.6 is 0 Å². The van der Waals surface area contributed by atoms with Crippen molar-refractivity contribution in [3.63, 3.8) is 0 Å². The molecule has 17 heteroatoms. The maximum absolute atomic E-state index is 12.1. The van der Waals surface area contributed by atoms with Gasteiger partial charge in [-0.3, -0.25) is 14.4 Å². The molecule has 258 valence electrons. The van der Waals surface area contributed by atoms with Gasteiger partial charge in [-0.1, -0.05) is 0 Å². The van der Waals surface area contributed by atoms with E-state index in [9.17, 15) is 38.7 Å². The minimum Gasteiger partial charge on any atom is -0.481 e. The van der Waals surface area contributed by atoms with E-state index >= 15 is 0 Å². The van der Waals surface area contributed by atoms with E-state index in [1.165, 1.54) is 0 Å². The number of aliphatic carboxylic acids is 3. The van der Waals surface area contributed by atoms with Gasteiger partial charge in [-0.05, 0) is 78.6 Å². The number of rotatable bonds is 23. The number of hydrogen-bond donors (Lipinski definition) is 9. The summed E-state index contributed by atoms with van der Waals surface area (Å²) in [5.74, 6) is -4.50. The van der Waals surface area contributed by atoms with E-state index in [1.54, 1.807) is 20.8 Å². The summed E-state index contributed by atoms with van der Waals surface area (Å²) in [5.41, 5.74) is 5.34. The Bertz CT molecular complexity index is 987. The van der Waals surface area contributed by atoms with Crippen LogP contribution in [0, 0.1) is 0 Å². The predicted molar refractivity (Wildman–Crippen MR) is 161 cm³/mol. The van der Waals surface area contributed by atoms with E-state index in [1.807, 2.05) is 0 Å². The maximum Gasteiger partial charge on any atom is 0.407 e. The lowest BCUT2D eigenvalue weighted by molar-refractivity contribution is -0.141. The molecule has 0 spiro atoms. The summed E-state index contributed by atoms with van der Waals surface area (Å²) in [6.07, 6.45) is 2.54. The van der Waals surface area contributed by atoms with E-state index in [-0.39, 0.29) is 37.6 Å². The molecule has 45 heavy (non-hydrogen) atoms. The minimum atomic E-state index is -1.49. The number of unbranched alkanes of at least 4 members (excludes halogenated alkanes) is 3. The van der Waals surface area contributed by atoms with Crippen molar-refractivity contribution in [1.29, 1.82) is 0 Å². The average Bonchev–Trinajstić information content (AvgIpc) is 2.92. The van der Waals surface area contributed by atoms with Gasteiger partial charge in [0.15, 0.2) is 0 Å². The number of carbonyl (C=O) groups excluding carboxylic acids is 4. The Kier molecular flexibility index (Phi) is 20.3. The summed E-state index contributed by atoms with van der Waals surface area (Å²) < 4.78 is 5.14. The van der Waals surface area contributed by atoms with Gasteiger partial charge in [0.2, 0.25) is 11.8 Å². The normalized spacial score (nSPS) is 13.0. The van der Waals surface area contributed by atoms with Gasteiger partial charge in [-0.25, -0.2) is 19.2 Å². The summed E-state index contributed by atoms with van der Waals surface area (Å²) in [4.78, 5) is 81.1. The summed E-state index contributed by atoms with van der Waals surface area (Å²) in [5, 5.41) is 39.4. The molecule has 0 rings (SSSR count). The lowest BCUT2D eigenvalue weighted by Crippen LogP contribution is -2.51. The largest absolute Gasteiger partial charge is 0.481 e. The van der Waals surface area contributed by atoms with E-state index in [0.29, 0.717) is 58.0 Å². The van der Waals surface area contributed by atoms with E-state index in [0.717, 1.165) is 0 Å². The lowest BCUT2D eigenvalue weighted by atomic mass is 10.1. The monoisotopic (exact) mass is 646 g/mol. The summed E-state index contributed by atoms with van der Waals surface area (Å²) in [6.45, 7) is 6.39. The standard InChI is InChI=1S/C28H50N6O11/c1-28(2,3)45-27(44)32-17-7-4-10-18(29)23(38)31-16-9-6-12-21(35)30-15-8-5-11-19(24(39)40)33-26(43)34-20(25(41)42)13-14-22(36)37/h18-20H,4-17,29H2,1-3H3,(H,30,35)(H,31,38)(H,32,44)(H,36,37)(H,39,40)(H,41,42)(H2,33,34,43)/t18-,19-,20-/m0/s1. The zero-order valence-corrected chi connectivity index (χ0v) is 26.3. The number of nitrogens with one attached hydrogen (secondary N) is 5. The Balaban J connectivity index is 4.04. The van der Waals surface area contributed by atoms with Crippen molar-refractivity contribution < 1.29 is 53.6 Å². The Morgan fingerprint density at radius 1 is 0.667 bits per heavy atom. The van der Waals surface area contributed by atoms with Gasteiger partial charge < -0.3 is 52.4 Å². The Hall–Kier alpha value is -4.15. The third kappa shape index (κ3) is 23.0. The van der Waals surface area contributed by atoms with Gasteiger partial charge in [-0.15, -0.1) is 0 Å². The van der Waals surface area contributed by atoms with Gasteiger partial charge >= 0.3 is 30.0 Å². The molecule has 0 unspecified atom stereocenters. The van der Waals surface area contributed by atoms with Crippen molar-refractivity contribution >= 4 is 41.8 Å². The third-order valence-corrected chi connectivity index (χ3v) is 6.17. The number of carboxylic acids is 3. The first-order valence-electron chi connectivity index (χ1n) is 15.0. The van der Waals surface area contributed by atoms with Crippen LogP contribution in [0.2, 0.25) is 0 Å². The Labute approximate surface area is 262 Å². The molecule has 0 saturated heterocycles. The first-order valence-corrected chi connectivity index (χ1v) is 15.0. The number of urea groups is 1. The number of carboxylic acid groups (broad SMARTS) is 3. The van der Waals surface area contributed by atoms with Crippen LogP contribution < -0.4 is 32.3 Å². The van der Waals surface area contributed by atoms with Gasteiger partial charge in [0, 0.05) is 32.5 Å². The first-order chi connectivity index (χ1) is 21.0. The Morgan fingerprint density at radius 2 is 1.18 bits per heavy atom. The number of ether oxygens (including phenoxy) is 1. The molecule has 0 bridgehead atoms. The smallest absolute Gasteiger partial charge is 0.407 e. The maximum atomic E-state index is 12.1. The van der Waals surface area contributed by atoms with Crippen LogP contribution in [0.3, 0.4) is 0 Å². The van der Waals surface area contributed by atoms with E-state index < -0.39 is 60.2 Å². The first kappa shape index (κ1) is 40.9. The van der Waals surface area contributed by atoms with Crippen LogP contribution in [0.5, 0.6) is 0 Å². The average molecular weight is 647 g/mol. The summed E-state index contributed by atoms with van der Waals surface area (Å²) in [6, 6.07) is -4.52. The van der Waals surface area contributed by atoms with Crippen LogP contribution in [-0.2, 0) is 28.7 Å². The van der Waals surface area contributed by atoms with Crippen molar-refractivity contribution in [2.75, 3.05) is 19.6 Å². The molecular formula is C28H50N6O11. The molecule has 0 aromatic heterocycles. The fourth-order valence-corrected chi connectivity index (χ4v) is 3.81. The van der Waals surface area contributed by atoms with Crippen LogP contribution in [-0.4, -0.2) is 101 Å². The molecule has 0 saturated carbocycles. The van der Waals surface area contributed by atoms with Crippen molar-refractivity contribution in [1.82, 2.24) is 26.6 Å².